The zero-order valence-corrected chi connectivity index (χ0v) is 11.5. The molecule has 0 aromatic heterocycles. The first-order valence-corrected chi connectivity index (χ1v) is 7.14. The van der Waals surface area contributed by atoms with Crippen LogP contribution < -0.4 is 5.73 Å². The van der Waals surface area contributed by atoms with Gasteiger partial charge in [0.25, 0.3) is 0 Å². The normalized spacial score (nSPS) is 26.8. The summed E-state index contributed by atoms with van der Waals surface area (Å²) in [6.07, 6.45) is 2.51. The van der Waals surface area contributed by atoms with Gasteiger partial charge in [0.05, 0.1) is 13.2 Å². The summed E-state index contributed by atoms with van der Waals surface area (Å²) in [5, 5.41) is 0. The summed E-state index contributed by atoms with van der Waals surface area (Å²) in [4.78, 5) is 9.22. The van der Waals surface area contributed by atoms with Gasteiger partial charge in [0, 0.05) is 26.2 Å². The zero-order chi connectivity index (χ0) is 12.8. The highest BCUT2D eigenvalue weighted by atomic mass is 16.5. The quantitative estimate of drug-likeness (QED) is 0.581. The lowest BCUT2D eigenvalue weighted by Gasteiger charge is -2.27. The van der Waals surface area contributed by atoms with E-state index in [2.05, 4.69) is 21.7 Å². The van der Waals surface area contributed by atoms with Gasteiger partial charge in [-0.05, 0) is 31.8 Å². The summed E-state index contributed by atoms with van der Waals surface area (Å²) in [5.74, 6) is 1.39. The third-order valence-corrected chi connectivity index (χ3v) is 3.76. The standard InChI is InChI=1S/C13H26N4O/c1-2-4-16-5-3-12(11-16)10-15-13(14)17-6-8-18-9-7-17/h12H,2-11H2,1H3,(H2,14,15). The van der Waals surface area contributed by atoms with Crippen LogP contribution in [0, 0.1) is 5.92 Å². The molecule has 2 aliphatic rings. The first kappa shape index (κ1) is 13.6. The molecule has 1 atom stereocenters. The van der Waals surface area contributed by atoms with Crippen LogP contribution in [0.2, 0.25) is 0 Å². The Hall–Kier alpha value is -0.810. The number of hydrogen-bond donors (Lipinski definition) is 1. The minimum absolute atomic E-state index is 0.691. The number of nitrogens with zero attached hydrogens (tertiary/aromatic N) is 3. The van der Waals surface area contributed by atoms with Crippen LogP contribution in [0.1, 0.15) is 19.8 Å². The average Bonchev–Trinajstić information content (AvgIpc) is 2.85. The van der Waals surface area contributed by atoms with Crippen molar-refractivity contribution in [2.24, 2.45) is 16.6 Å². The number of likely N-dealkylation sites (tertiary alicyclic amines) is 1. The summed E-state index contributed by atoms with van der Waals surface area (Å²) in [5.41, 5.74) is 6.03. The van der Waals surface area contributed by atoms with E-state index in [1.807, 2.05) is 0 Å². The Morgan fingerprint density at radius 1 is 1.33 bits per heavy atom. The van der Waals surface area contributed by atoms with Crippen LogP contribution in [0.25, 0.3) is 0 Å². The fourth-order valence-electron chi connectivity index (χ4n) is 2.70. The van der Waals surface area contributed by atoms with Crippen LogP contribution in [0.5, 0.6) is 0 Å². The third kappa shape index (κ3) is 3.85. The molecule has 5 nitrogen and oxygen atoms in total. The third-order valence-electron chi connectivity index (χ3n) is 3.76. The van der Waals surface area contributed by atoms with Gasteiger partial charge in [-0.1, -0.05) is 6.92 Å². The van der Waals surface area contributed by atoms with Crippen molar-refractivity contribution >= 4 is 5.96 Å². The number of ether oxygens (including phenoxy) is 1. The molecule has 1 unspecified atom stereocenters. The second-order valence-electron chi connectivity index (χ2n) is 5.25. The Labute approximate surface area is 110 Å². The van der Waals surface area contributed by atoms with Gasteiger partial charge in [-0.2, -0.15) is 0 Å². The van der Waals surface area contributed by atoms with Crippen LogP contribution >= 0.6 is 0 Å². The van der Waals surface area contributed by atoms with E-state index in [-0.39, 0.29) is 0 Å². The van der Waals surface area contributed by atoms with E-state index in [0.29, 0.717) is 11.9 Å². The minimum atomic E-state index is 0.691. The maximum absolute atomic E-state index is 6.03. The van der Waals surface area contributed by atoms with Crippen LogP contribution in [0.15, 0.2) is 4.99 Å². The van der Waals surface area contributed by atoms with Gasteiger partial charge in [0.2, 0.25) is 0 Å². The molecule has 2 heterocycles. The van der Waals surface area contributed by atoms with E-state index in [0.717, 1.165) is 32.8 Å². The molecule has 2 N–H and O–H groups in total. The fourth-order valence-corrected chi connectivity index (χ4v) is 2.70. The summed E-state index contributed by atoms with van der Waals surface area (Å²) >= 11 is 0. The number of hydrogen-bond acceptors (Lipinski definition) is 3. The predicted molar refractivity (Wildman–Crippen MR) is 73.7 cm³/mol. The molecule has 0 amide bonds. The van der Waals surface area contributed by atoms with Crippen LogP contribution in [-0.2, 0) is 4.74 Å². The number of aliphatic imine (C=N–C) groups is 1. The van der Waals surface area contributed by atoms with E-state index < -0.39 is 0 Å². The first-order valence-electron chi connectivity index (χ1n) is 7.14. The molecule has 0 spiro atoms. The molecule has 0 radical (unpaired) electrons. The predicted octanol–water partition coefficient (Wildman–Crippen LogP) is 0.365. The number of morpholine rings is 1. The van der Waals surface area contributed by atoms with Crippen LogP contribution in [0.3, 0.4) is 0 Å². The average molecular weight is 254 g/mol. The van der Waals surface area contributed by atoms with Gasteiger partial charge in [0.1, 0.15) is 0 Å². The molecule has 0 aliphatic carbocycles. The molecule has 0 aromatic rings. The van der Waals surface area contributed by atoms with Crippen molar-refractivity contribution in [3.63, 3.8) is 0 Å². The Kier molecular flexibility index (Phi) is 5.26. The SMILES string of the molecule is CCCN1CCC(CN=C(N)N2CCOCC2)C1. The van der Waals surface area contributed by atoms with Crippen molar-refractivity contribution in [3.05, 3.63) is 0 Å². The lowest BCUT2D eigenvalue weighted by molar-refractivity contribution is 0.0674. The molecular formula is C13H26N4O. The fraction of sp³-hybridized carbons (Fsp3) is 0.923. The second kappa shape index (κ2) is 6.95. The molecule has 0 aromatic carbocycles. The highest BCUT2D eigenvalue weighted by Gasteiger charge is 2.21. The minimum Gasteiger partial charge on any atom is -0.378 e. The molecule has 18 heavy (non-hydrogen) atoms. The van der Waals surface area contributed by atoms with Gasteiger partial charge in [-0.15, -0.1) is 0 Å². The van der Waals surface area contributed by atoms with Crippen molar-refractivity contribution in [2.45, 2.75) is 19.8 Å². The van der Waals surface area contributed by atoms with Gasteiger partial charge < -0.3 is 20.3 Å². The van der Waals surface area contributed by atoms with E-state index in [1.54, 1.807) is 0 Å². The van der Waals surface area contributed by atoms with Crippen molar-refractivity contribution in [3.8, 4) is 0 Å². The monoisotopic (exact) mass is 254 g/mol. The van der Waals surface area contributed by atoms with E-state index in [1.165, 1.54) is 32.5 Å². The number of guanidine groups is 1. The van der Waals surface area contributed by atoms with Crippen molar-refractivity contribution in [1.29, 1.82) is 0 Å². The molecule has 0 saturated carbocycles. The van der Waals surface area contributed by atoms with Crippen molar-refractivity contribution < 1.29 is 4.74 Å². The number of rotatable bonds is 4. The summed E-state index contributed by atoms with van der Waals surface area (Å²) in [6.45, 7) is 10.0. The zero-order valence-electron chi connectivity index (χ0n) is 11.5. The van der Waals surface area contributed by atoms with E-state index in [9.17, 15) is 0 Å². The second-order valence-corrected chi connectivity index (χ2v) is 5.25. The maximum atomic E-state index is 6.03. The molecule has 2 fully saturated rings. The molecule has 2 rings (SSSR count). The van der Waals surface area contributed by atoms with Gasteiger partial charge >= 0.3 is 0 Å². The largest absolute Gasteiger partial charge is 0.378 e. The Morgan fingerprint density at radius 3 is 2.83 bits per heavy atom. The highest BCUT2D eigenvalue weighted by molar-refractivity contribution is 5.78. The topological polar surface area (TPSA) is 54.1 Å². The molecule has 2 saturated heterocycles. The highest BCUT2D eigenvalue weighted by Crippen LogP contribution is 2.16. The van der Waals surface area contributed by atoms with Gasteiger partial charge in [-0.3, -0.25) is 4.99 Å². The summed E-state index contributed by atoms with van der Waals surface area (Å²) < 4.78 is 5.31. The molecule has 0 bridgehead atoms. The Bertz CT molecular complexity index is 276. The molecule has 2 aliphatic heterocycles. The first-order chi connectivity index (χ1) is 8.79. The van der Waals surface area contributed by atoms with Gasteiger partial charge in [0.15, 0.2) is 5.96 Å². The van der Waals surface area contributed by atoms with Crippen LogP contribution in [-0.4, -0.2) is 68.2 Å². The maximum Gasteiger partial charge on any atom is 0.191 e. The van der Waals surface area contributed by atoms with Crippen LogP contribution in [0.4, 0.5) is 0 Å². The number of nitrogens with two attached hydrogens (primary N) is 1. The van der Waals surface area contributed by atoms with Crippen molar-refractivity contribution in [2.75, 3.05) is 52.5 Å². The van der Waals surface area contributed by atoms with Gasteiger partial charge in [-0.25, -0.2) is 0 Å². The molecule has 5 heteroatoms. The summed E-state index contributed by atoms with van der Waals surface area (Å²) in [6, 6.07) is 0. The van der Waals surface area contributed by atoms with E-state index >= 15 is 0 Å². The molecular weight excluding hydrogens is 228 g/mol. The Balaban J connectivity index is 1.73. The van der Waals surface area contributed by atoms with Crippen molar-refractivity contribution in [1.82, 2.24) is 9.80 Å². The lowest BCUT2D eigenvalue weighted by Crippen LogP contribution is -2.45. The summed E-state index contributed by atoms with van der Waals surface area (Å²) in [7, 11) is 0. The smallest absolute Gasteiger partial charge is 0.191 e. The molecule has 104 valence electrons. The van der Waals surface area contributed by atoms with E-state index in [4.69, 9.17) is 10.5 Å². The Morgan fingerprint density at radius 2 is 2.11 bits per heavy atom. The lowest BCUT2D eigenvalue weighted by atomic mass is 10.1.